The Balaban J connectivity index is 2.17. The van der Waals surface area contributed by atoms with Crippen molar-refractivity contribution in [3.05, 3.63) is 57.4 Å². The maximum Gasteiger partial charge on any atom is 0.306 e. The van der Waals surface area contributed by atoms with Crippen LogP contribution in [0.4, 0.5) is 5.69 Å². The van der Waals surface area contributed by atoms with E-state index in [-0.39, 0.29) is 12.2 Å². The number of nitro groups is 1. The van der Waals surface area contributed by atoms with Crippen molar-refractivity contribution in [3.8, 4) is 0 Å². The Kier molecular flexibility index (Phi) is 3.62. The molecule has 0 spiro atoms. The fraction of sp³-hybridized carbons (Fsp3) is 0.308. The highest BCUT2D eigenvalue weighted by Gasteiger charge is 2.14. The molecular weight excluding hydrogens is 246 g/mol. The van der Waals surface area contributed by atoms with Crippen molar-refractivity contribution in [2.45, 2.75) is 26.5 Å². The lowest BCUT2D eigenvalue weighted by atomic mass is 10.0. The first-order chi connectivity index (χ1) is 8.97. The summed E-state index contributed by atoms with van der Waals surface area (Å²) in [4.78, 5) is 10.1. The zero-order valence-electron chi connectivity index (χ0n) is 10.8. The molecule has 100 valence electrons. The Morgan fingerprint density at radius 2 is 2.21 bits per heavy atom. The highest BCUT2D eigenvalue weighted by atomic mass is 16.6. The van der Waals surface area contributed by atoms with Crippen molar-refractivity contribution in [3.63, 3.8) is 0 Å². The van der Waals surface area contributed by atoms with Gasteiger partial charge in [0.1, 0.15) is 12.4 Å². The predicted molar refractivity (Wildman–Crippen MR) is 69.8 cm³/mol. The van der Waals surface area contributed by atoms with Gasteiger partial charge in [0.05, 0.1) is 17.6 Å². The van der Waals surface area contributed by atoms with Crippen molar-refractivity contribution in [1.29, 1.82) is 0 Å². The number of aryl methyl sites for hydroxylation is 2. The standard InChI is InChI=1S/C13H15N3O3/c1-9-3-4-10(2)12(5-9)13(17)8-15-7-11(6-14-15)16(18)19/h3-7,13,17H,8H2,1-2H3. The predicted octanol–water partition coefficient (Wildman–Crippen LogP) is 2.14. The monoisotopic (exact) mass is 261 g/mol. The number of aromatic nitrogens is 2. The molecule has 0 aliphatic carbocycles. The van der Waals surface area contributed by atoms with Crippen LogP contribution in [0.15, 0.2) is 30.6 Å². The third-order valence-electron chi connectivity index (χ3n) is 2.98. The van der Waals surface area contributed by atoms with Gasteiger partial charge in [-0.05, 0) is 25.0 Å². The van der Waals surface area contributed by atoms with E-state index in [1.807, 2.05) is 32.0 Å². The summed E-state index contributed by atoms with van der Waals surface area (Å²) in [6.45, 7) is 4.07. The Morgan fingerprint density at radius 1 is 1.47 bits per heavy atom. The molecule has 1 aromatic carbocycles. The molecule has 0 radical (unpaired) electrons. The van der Waals surface area contributed by atoms with Crippen molar-refractivity contribution in [2.24, 2.45) is 0 Å². The molecule has 2 rings (SSSR count). The van der Waals surface area contributed by atoms with Crippen LogP contribution in [-0.2, 0) is 6.54 Å². The summed E-state index contributed by atoms with van der Waals surface area (Å²) in [5.74, 6) is 0. The molecule has 0 saturated heterocycles. The molecule has 0 bridgehead atoms. The molecule has 0 saturated carbocycles. The van der Waals surface area contributed by atoms with E-state index in [1.165, 1.54) is 17.1 Å². The van der Waals surface area contributed by atoms with Gasteiger partial charge >= 0.3 is 5.69 Å². The minimum absolute atomic E-state index is 0.0758. The number of benzene rings is 1. The van der Waals surface area contributed by atoms with Gasteiger partial charge in [0.15, 0.2) is 0 Å². The van der Waals surface area contributed by atoms with Crippen LogP contribution in [0.2, 0.25) is 0 Å². The van der Waals surface area contributed by atoms with Crippen LogP contribution in [0.3, 0.4) is 0 Å². The van der Waals surface area contributed by atoms with Crippen LogP contribution in [0, 0.1) is 24.0 Å². The first kappa shape index (κ1) is 13.2. The normalized spacial score (nSPS) is 12.4. The fourth-order valence-electron chi connectivity index (χ4n) is 1.94. The Hall–Kier alpha value is -2.21. The molecule has 1 N–H and O–H groups in total. The molecule has 6 nitrogen and oxygen atoms in total. The van der Waals surface area contributed by atoms with Crippen LogP contribution in [0.5, 0.6) is 0 Å². The van der Waals surface area contributed by atoms with Gasteiger partial charge < -0.3 is 5.11 Å². The van der Waals surface area contributed by atoms with Crippen molar-refractivity contribution < 1.29 is 10.0 Å². The number of hydrogen-bond acceptors (Lipinski definition) is 4. The second-order valence-corrected chi connectivity index (χ2v) is 4.55. The average molecular weight is 261 g/mol. The van der Waals surface area contributed by atoms with Crippen LogP contribution in [0.25, 0.3) is 0 Å². The smallest absolute Gasteiger partial charge is 0.306 e. The number of aliphatic hydroxyl groups excluding tert-OH is 1. The van der Waals surface area contributed by atoms with Gasteiger partial charge in [-0.2, -0.15) is 5.10 Å². The Bertz CT molecular complexity index is 607. The molecule has 2 aromatic rings. The quantitative estimate of drug-likeness (QED) is 0.675. The summed E-state index contributed by atoms with van der Waals surface area (Å²) in [6.07, 6.45) is 1.75. The lowest BCUT2D eigenvalue weighted by molar-refractivity contribution is -0.385. The molecule has 1 atom stereocenters. The number of nitrogens with zero attached hydrogens (tertiary/aromatic N) is 3. The van der Waals surface area contributed by atoms with Crippen molar-refractivity contribution >= 4 is 5.69 Å². The zero-order chi connectivity index (χ0) is 14.0. The average Bonchev–Trinajstić information content (AvgIpc) is 2.80. The van der Waals surface area contributed by atoms with E-state index in [0.717, 1.165) is 16.7 Å². The summed E-state index contributed by atoms with van der Waals surface area (Å²) < 4.78 is 1.38. The summed E-state index contributed by atoms with van der Waals surface area (Å²) >= 11 is 0. The highest BCUT2D eigenvalue weighted by Crippen LogP contribution is 2.21. The number of rotatable bonds is 4. The first-order valence-corrected chi connectivity index (χ1v) is 5.89. The largest absolute Gasteiger partial charge is 0.386 e. The second-order valence-electron chi connectivity index (χ2n) is 4.55. The van der Waals surface area contributed by atoms with Gasteiger partial charge in [-0.1, -0.05) is 23.8 Å². The maximum absolute atomic E-state index is 10.6. The van der Waals surface area contributed by atoms with Gasteiger partial charge in [0.25, 0.3) is 0 Å². The highest BCUT2D eigenvalue weighted by molar-refractivity contribution is 5.32. The SMILES string of the molecule is Cc1ccc(C)c(C(O)Cn2cc([N+](=O)[O-])cn2)c1. The Labute approximate surface area is 110 Å². The summed E-state index contributed by atoms with van der Waals surface area (Å²) in [5.41, 5.74) is 2.79. The lowest BCUT2D eigenvalue weighted by Crippen LogP contribution is -2.10. The van der Waals surface area contributed by atoms with E-state index in [2.05, 4.69) is 5.10 Å². The number of hydrogen-bond donors (Lipinski definition) is 1. The molecule has 1 aromatic heterocycles. The van der Waals surface area contributed by atoms with E-state index in [1.54, 1.807) is 0 Å². The van der Waals surface area contributed by atoms with Gasteiger partial charge in [0, 0.05) is 0 Å². The lowest BCUT2D eigenvalue weighted by Gasteiger charge is -2.14. The molecule has 0 amide bonds. The third kappa shape index (κ3) is 2.97. The molecule has 0 fully saturated rings. The topological polar surface area (TPSA) is 81.2 Å². The Morgan fingerprint density at radius 3 is 2.84 bits per heavy atom. The fourth-order valence-corrected chi connectivity index (χ4v) is 1.94. The van der Waals surface area contributed by atoms with Crippen LogP contribution in [0.1, 0.15) is 22.8 Å². The number of aliphatic hydroxyl groups is 1. The van der Waals surface area contributed by atoms with Crippen LogP contribution in [-0.4, -0.2) is 19.8 Å². The minimum atomic E-state index is -0.737. The minimum Gasteiger partial charge on any atom is -0.386 e. The zero-order valence-corrected chi connectivity index (χ0v) is 10.8. The molecular formula is C13H15N3O3. The van der Waals surface area contributed by atoms with Gasteiger partial charge in [-0.3, -0.25) is 14.8 Å². The van der Waals surface area contributed by atoms with E-state index in [4.69, 9.17) is 0 Å². The summed E-state index contributed by atoms with van der Waals surface area (Å²) in [5, 5.41) is 24.6. The first-order valence-electron chi connectivity index (χ1n) is 5.89. The van der Waals surface area contributed by atoms with Crippen molar-refractivity contribution in [1.82, 2.24) is 9.78 Å². The molecule has 0 aliphatic heterocycles. The maximum atomic E-state index is 10.6. The van der Waals surface area contributed by atoms with Crippen LogP contribution < -0.4 is 0 Å². The van der Waals surface area contributed by atoms with Gasteiger partial charge in [0.2, 0.25) is 0 Å². The second kappa shape index (κ2) is 5.19. The van der Waals surface area contributed by atoms with E-state index >= 15 is 0 Å². The van der Waals surface area contributed by atoms with Crippen LogP contribution >= 0.6 is 0 Å². The van der Waals surface area contributed by atoms with Gasteiger partial charge in [-0.15, -0.1) is 0 Å². The third-order valence-corrected chi connectivity index (χ3v) is 2.98. The molecule has 1 unspecified atom stereocenters. The summed E-state index contributed by atoms with van der Waals surface area (Å²) in [7, 11) is 0. The molecule has 0 aliphatic rings. The van der Waals surface area contributed by atoms with Gasteiger partial charge in [-0.25, -0.2) is 0 Å². The molecule has 1 heterocycles. The molecule has 6 heteroatoms. The van der Waals surface area contributed by atoms with E-state index in [0.29, 0.717) is 0 Å². The van der Waals surface area contributed by atoms with E-state index in [9.17, 15) is 15.2 Å². The summed E-state index contributed by atoms with van der Waals surface area (Å²) in [6, 6.07) is 5.83. The molecule has 19 heavy (non-hydrogen) atoms. The van der Waals surface area contributed by atoms with Crippen molar-refractivity contribution in [2.75, 3.05) is 0 Å². The van der Waals surface area contributed by atoms with E-state index < -0.39 is 11.0 Å².